The maximum atomic E-state index is 12.9. The van der Waals surface area contributed by atoms with Crippen LogP contribution in [0.5, 0.6) is 0 Å². The summed E-state index contributed by atoms with van der Waals surface area (Å²) in [5.74, 6) is 4.50. The molecule has 3 atom stereocenters. The molecule has 2 aliphatic carbocycles. The van der Waals surface area contributed by atoms with Gasteiger partial charge in [0.05, 0.1) is 5.69 Å². The zero-order valence-electron chi connectivity index (χ0n) is 22.3. The molecule has 2 saturated carbocycles. The Hall–Kier alpha value is -4.37. The number of aromatic nitrogens is 6. The van der Waals surface area contributed by atoms with E-state index >= 15 is 0 Å². The third kappa shape index (κ3) is 5.24. The van der Waals surface area contributed by atoms with E-state index in [1.165, 1.54) is 6.26 Å². The van der Waals surface area contributed by atoms with E-state index < -0.39 is 15.9 Å². The van der Waals surface area contributed by atoms with Gasteiger partial charge < -0.3 is 15.0 Å². The maximum absolute atomic E-state index is 12.9. The van der Waals surface area contributed by atoms with Crippen LogP contribution in [0.4, 0.5) is 11.6 Å². The number of carbonyl (C=O) groups is 1. The highest BCUT2D eigenvalue weighted by molar-refractivity contribution is 7.91. The van der Waals surface area contributed by atoms with E-state index in [1.54, 1.807) is 35.9 Å². The van der Waals surface area contributed by atoms with E-state index in [2.05, 4.69) is 41.5 Å². The number of imidazole rings is 1. The smallest absolute Gasteiger partial charge is 0.229 e. The van der Waals surface area contributed by atoms with Crippen LogP contribution in [0.3, 0.4) is 0 Å². The second-order valence-corrected chi connectivity index (χ2v) is 12.5. The number of hydrogen-bond donors (Lipinski definition) is 2. The number of nitrogens with zero attached hydrogens (tertiary/aromatic N) is 6. The first-order chi connectivity index (χ1) is 19.1. The number of carbonyl (C=O) groups excluding carboxylic acids is 1. The zero-order valence-corrected chi connectivity index (χ0v) is 23.1. The van der Waals surface area contributed by atoms with Gasteiger partial charge in [0, 0.05) is 48.4 Å². The quantitative estimate of drug-likeness (QED) is 0.312. The van der Waals surface area contributed by atoms with Crippen molar-refractivity contribution in [2.45, 2.75) is 55.9 Å². The van der Waals surface area contributed by atoms with Gasteiger partial charge in [0.15, 0.2) is 15.5 Å². The molecule has 40 heavy (non-hydrogen) atoms. The molecule has 0 unspecified atom stereocenters. The Morgan fingerprint density at radius 1 is 1.12 bits per heavy atom. The molecule has 2 fully saturated rings. The minimum atomic E-state index is -3.51. The Bertz CT molecular complexity index is 1810. The Labute approximate surface area is 231 Å². The normalized spacial score (nSPS) is 19.1. The summed E-state index contributed by atoms with van der Waals surface area (Å²) in [6.45, 7) is 3.61. The van der Waals surface area contributed by atoms with Crippen molar-refractivity contribution in [3.05, 3.63) is 65.4 Å². The Balaban J connectivity index is 1.22. The third-order valence-corrected chi connectivity index (χ3v) is 8.22. The molecule has 204 valence electrons. The molecule has 0 spiro atoms. The zero-order chi connectivity index (χ0) is 28.2. The summed E-state index contributed by atoms with van der Waals surface area (Å²) in [5, 5.41) is 6.05. The van der Waals surface area contributed by atoms with E-state index in [4.69, 9.17) is 6.42 Å². The number of rotatable bonds is 8. The average molecular weight is 557 g/mol. The average Bonchev–Trinajstić information content (AvgIpc) is 3.82. The van der Waals surface area contributed by atoms with Crippen LogP contribution in [0.2, 0.25) is 0 Å². The highest BCUT2D eigenvalue weighted by Gasteiger charge is 2.46. The van der Waals surface area contributed by atoms with Crippen molar-refractivity contribution in [3.8, 4) is 12.3 Å². The fraction of sp³-hybridized carbons (Fsp3) is 0.357. The van der Waals surface area contributed by atoms with E-state index in [9.17, 15) is 13.2 Å². The first kappa shape index (κ1) is 25.9. The molecular formula is C28H28N8O3S. The summed E-state index contributed by atoms with van der Waals surface area (Å²) in [7, 11) is -3.51. The van der Waals surface area contributed by atoms with Crippen LogP contribution in [0.25, 0.3) is 5.65 Å². The van der Waals surface area contributed by atoms with Gasteiger partial charge in [-0.2, -0.15) is 0 Å². The largest absolute Gasteiger partial charge is 0.351 e. The van der Waals surface area contributed by atoms with Crippen molar-refractivity contribution < 1.29 is 13.2 Å². The molecule has 1 amide bonds. The van der Waals surface area contributed by atoms with Gasteiger partial charge in [-0.25, -0.2) is 33.3 Å². The lowest BCUT2D eigenvalue weighted by Crippen LogP contribution is -2.17. The lowest BCUT2D eigenvalue weighted by Gasteiger charge is -2.13. The summed E-state index contributed by atoms with van der Waals surface area (Å²) >= 11 is 0. The van der Waals surface area contributed by atoms with Gasteiger partial charge in [-0.05, 0) is 56.7 Å². The van der Waals surface area contributed by atoms with Crippen molar-refractivity contribution in [1.29, 1.82) is 0 Å². The monoisotopic (exact) mass is 556 g/mol. The molecular weight excluding hydrogens is 528 g/mol. The van der Waals surface area contributed by atoms with E-state index in [0.29, 0.717) is 47.0 Å². The van der Waals surface area contributed by atoms with Crippen molar-refractivity contribution >= 4 is 33.0 Å². The van der Waals surface area contributed by atoms with Crippen molar-refractivity contribution in [3.63, 3.8) is 0 Å². The number of anilines is 2. The molecule has 2 N–H and O–H groups in total. The molecule has 0 aliphatic heterocycles. The van der Waals surface area contributed by atoms with Crippen LogP contribution >= 0.6 is 0 Å². The fourth-order valence-corrected chi connectivity index (χ4v) is 5.68. The number of terminal acetylenes is 1. The molecule has 4 heterocycles. The number of sulfone groups is 1. The molecule has 0 bridgehead atoms. The predicted octanol–water partition coefficient (Wildman–Crippen LogP) is 3.34. The topological polar surface area (TPSA) is 144 Å². The van der Waals surface area contributed by atoms with Gasteiger partial charge in [-0.15, -0.1) is 6.42 Å². The molecule has 0 saturated heterocycles. The lowest BCUT2D eigenvalue weighted by atomic mass is 10.2. The van der Waals surface area contributed by atoms with Gasteiger partial charge in [0.2, 0.25) is 5.91 Å². The van der Waals surface area contributed by atoms with Gasteiger partial charge >= 0.3 is 0 Å². The van der Waals surface area contributed by atoms with Crippen LogP contribution < -0.4 is 10.6 Å². The third-order valence-electron chi connectivity index (χ3n) is 7.12. The molecule has 11 nitrogen and oxygen atoms in total. The lowest BCUT2D eigenvalue weighted by molar-refractivity contribution is -0.117. The molecule has 0 radical (unpaired) electrons. The molecule has 0 aromatic carbocycles. The SMILES string of the molecule is C#C[C@@H](Nc1cc(NC(=O)[C@H]2C[C@@H]2c2nccc(C)n2)nc(C)n1)c1cn2cc(C3CC3)cc(S(C)(=O)=O)c2n1. The van der Waals surface area contributed by atoms with Crippen LogP contribution in [0.15, 0.2) is 41.7 Å². The van der Waals surface area contributed by atoms with Crippen LogP contribution in [-0.2, 0) is 14.6 Å². The molecule has 4 aromatic heterocycles. The summed E-state index contributed by atoms with van der Waals surface area (Å²) in [4.78, 5) is 35.2. The van der Waals surface area contributed by atoms with Crippen molar-refractivity contribution in [2.75, 3.05) is 16.9 Å². The first-order valence-electron chi connectivity index (χ1n) is 13.0. The predicted molar refractivity (Wildman–Crippen MR) is 148 cm³/mol. The number of pyridine rings is 1. The highest BCUT2D eigenvalue weighted by atomic mass is 32.2. The van der Waals surface area contributed by atoms with Gasteiger partial charge in [0.1, 0.15) is 34.2 Å². The van der Waals surface area contributed by atoms with Crippen LogP contribution in [0.1, 0.15) is 65.7 Å². The Morgan fingerprint density at radius 3 is 2.60 bits per heavy atom. The summed E-state index contributed by atoms with van der Waals surface area (Å²) < 4.78 is 26.8. The molecule has 6 rings (SSSR count). The standard InChI is InChI=1S/C28H28N8O3S/c1-5-21(22-14-36-13-18(17-6-7-17)10-23(27(36)34-22)40(4,38)39)33-24-12-25(32-16(3)31-24)35-28(37)20-11-19(20)26-29-9-8-15(2)30-26/h1,8-10,12-14,17,19-21H,6-7,11H2,2-4H3,(H2,31,32,33,35,37)/t19-,20-,21+/m0/s1. The fourth-order valence-electron chi connectivity index (χ4n) is 4.85. The van der Waals surface area contributed by atoms with E-state index in [-0.39, 0.29) is 22.6 Å². The van der Waals surface area contributed by atoms with Crippen molar-refractivity contribution in [2.24, 2.45) is 5.92 Å². The molecule has 2 aliphatic rings. The number of amides is 1. The first-order valence-corrected chi connectivity index (χ1v) is 14.9. The summed E-state index contributed by atoms with van der Waals surface area (Å²) in [6.07, 6.45) is 15.2. The Kier molecular flexibility index (Phi) is 6.26. The van der Waals surface area contributed by atoms with E-state index in [1.807, 2.05) is 19.2 Å². The minimum absolute atomic E-state index is 0.0152. The Morgan fingerprint density at radius 2 is 1.90 bits per heavy atom. The van der Waals surface area contributed by atoms with Crippen LogP contribution in [0, 0.1) is 32.1 Å². The van der Waals surface area contributed by atoms with E-state index in [0.717, 1.165) is 24.1 Å². The molecule has 4 aromatic rings. The van der Waals surface area contributed by atoms with Crippen LogP contribution in [-0.4, -0.2) is 49.9 Å². The highest BCUT2D eigenvalue weighted by Crippen LogP contribution is 2.46. The van der Waals surface area contributed by atoms with Crippen molar-refractivity contribution in [1.82, 2.24) is 29.3 Å². The van der Waals surface area contributed by atoms with Gasteiger partial charge in [-0.3, -0.25) is 4.79 Å². The number of nitrogens with one attached hydrogen (secondary N) is 2. The van der Waals surface area contributed by atoms with Gasteiger partial charge in [0.25, 0.3) is 0 Å². The second kappa shape index (κ2) is 9.67. The maximum Gasteiger partial charge on any atom is 0.229 e. The number of aryl methyl sites for hydroxylation is 2. The number of hydrogen-bond acceptors (Lipinski definition) is 9. The van der Waals surface area contributed by atoms with Gasteiger partial charge in [-0.1, -0.05) is 5.92 Å². The second-order valence-electron chi connectivity index (χ2n) is 10.5. The summed E-state index contributed by atoms with van der Waals surface area (Å²) in [6, 6.07) is 4.44. The summed E-state index contributed by atoms with van der Waals surface area (Å²) in [5.41, 5.74) is 2.64. The minimum Gasteiger partial charge on any atom is -0.351 e. The molecule has 12 heteroatoms. The number of fused-ring (bicyclic) bond motifs is 1.